The smallest absolute Gasteiger partial charge is 0.376 e. The number of anilines is 6. The maximum Gasteiger partial charge on any atom is 0.534 e. The van der Waals surface area contributed by atoms with Crippen LogP contribution in [0.15, 0.2) is 176 Å². The molecule has 0 spiro atoms. The monoisotopic (exact) mass is 742 g/mol. The second-order valence-corrected chi connectivity index (χ2v) is 14.8. The molecule has 53 heavy (non-hydrogen) atoms. The Kier molecular flexibility index (Phi) is 8.85. The molecule has 1 aromatic heterocycles. The molecule has 0 N–H and O–H groups in total. The summed E-state index contributed by atoms with van der Waals surface area (Å²) in [4.78, 5) is 4.07. The zero-order valence-corrected chi connectivity index (χ0v) is 29.4. The van der Waals surface area contributed by atoms with Crippen LogP contribution in [0.25, 0.3) is 31.3 Å². The molecule has 0 unspecified atom stereocenters. The van der Waals surface area contributed by atoms with Crippen molar-refractivity contribution < 1.29 is 25.8 Å². The van der Waals surface area contributed by atoms with Crippen LogP contribution in [0.2, 0.25) is 0 Å². The van der Waals surface area contributed by atoms with Gasteiger partial charge in [-0.2, -0.15) is 21.6 Å². The van der Waals surface area contributed by atoms with Crippen LogP contribution in [-0.2, 0) is 10.1 Å². The van der Waals surface area contributed by atoms with Crippen molar-refractivity contribution in [1.29, 1.82) is 0 Å². The van der Waals surface area contributed by atoms with Crippen LogP contribution in [0.3, 0.4) is 0 Å². The molecule has 0 radical (unpaired) electrons. The molecule has 5 nitrogen and oxygen atoms in total. The van der Waals surface area contributed by atoms with Gasteiger partial charge in [-0.1, -0.05) is 97.1 Å². The van der Waals surface area contributed by atoms with Crippen molar-refractivity contribution in [3.63, 3.8) is 0 Å². The Morgan fingerprint density at radius 2 is 0.943 bits per heavy atom. The van der Waals surface area contributed by atoms with E-state index in [4.69, 9.17) is 4.18 Å². The van der Waals surface area contributed by atoms with Crippen LogP contribution in [0.5, 0.6) is 5.75 Å². The first-order valence-electron chi connectivity index (χ1n) is 16.6. The average molecular weight is 743 g/mol. The Bertz CT molecular complexity index is 2560. The minimum Gasteiger partial charge on any atom is -0.376 e. The second kappa shape index (κ2) is 13.8. The number of alkyl halides is 3. The van der Waals surface area contributed by atoms with Crippen molar-refractivity contribution in [3.05, 3.63) is 176 Å². The largest absolute Gasteiger partial charge is 0.534 e. The van der Waals surface area contributed by atoms with Crippen molar-refractivity contribution in [2.75, 3.05) is 9.80 Å². The Morgan fingerprint density at radius 1 is 0.491 bits per heavy atom. The van der Waals surface area contributed by atoms with Crippen LogP contribution >= 0.6 is 11.3 Å². The first kappa shape index (κ1) is 34.0. The lowest BCUT2D eigenvalue weighted by atomic mass is 10.0. The number of rotatable bonds is 9. The quantitative estimate of drug-likeness (QED) is 0.109. The highest BCUT2D eigenvalue weighted by Gasteiger charge is 2.48. The topological polar surface area (TPSA) is 49.9 Å². The Labute approximate surface area is 308 Å². The number of hydrogen-bond donors (Lipinski definition) is 0. The summed E-state index contributed by atoms with van der Waals surface area (Å²) in [5.74, 6) is -0.439. The molecule has 0 saturated carbocycles. The molecule has 0 saturated heterocycles. The molecule has 0 atom stereocenters. The summed E-state index contributed by atoms with van der Waals surface area (Å²) < 4.78 is 71.2. The molecule has 8 aromatic rings. The van der Waals surface area contributed by atoms with Gasteiger partial charge in [-0.15, -0.1) is 11.3 Å². The summed E-state index contributed by atoms with van der Waals surface area (Å²) in [6, 6.07) is 56.0. The maximum absolute atomic E-state index is 13.5. The molecule has 7 aromatic carbocycles. The van der Waals surface area contributed by atoms with Crippen LogP contribution in [0.4, 0.5) is 47.3 Å². The molecule has 8 rings (SSSR count). The number of thiophene rings is 1. The number of fused-ring (bicyclic) bond motifs is 3. The van der Waals surface area contributed by atoms with Crippen LogP contribution in [-0.4, -0.2) is 13.9 Å². The zero-order valence-electron chi connectivity index (χ0n) is 27.8. The van der Waals surface area contributed by atoms with Gasteiger partial charge < -0.3 is 14.0 Å². The van der Waals surface area contributed by atoms with E-state index in [1.165, 1.54) is 23.5 Å². The molecule has 0 bridgehead atoms. The van der Waals surface area contributed by atoms with Gasteiger partial charge in [0.1, 0.15) is 5.75 Å². The van der Waals surface area contributed by atoms with Gasteiger partial charge in [0.2, 0.25) is 0 Å². The van der Waals surface area contributed by atoms with E-state index in [0.717, 1.165) is 55.0 Å². The van der Waals surface area contributed by atoms with Gasteiger partial charge in [0.05, 0.1) is 5.69 Å². The molecule has 10 heteroatoms. The van der Waals surface area contributed by atoms with E-state index in [-0.39, 0.29) is 0 Å². The van der Waals surface area contributed by atoms with Gasteiger partial charge in [0.15, 0.2) is 0 Å². The van der Waals surface area contributed by atoms with E-state index in [1.807, 2.05) is 120 Å². The number of nitrogens with zero attached hydrogens (tertiary/aromatic N) is 2. The summed E-state index contributed by atoms with van der Waals surface area (Å²) in [5, 5.41) is 1.61. The summed E-state index contributed by atoms with van der Waals surface area (Å²) in [5.41, 5.74) is 1.30. The molecule has 0 amide bonds. The molecule has 262 valence electrons. The van der Waals surface area contributed by atoms with Gasteiger partial charge in [0.25, 0.3) is 0 Å². The standard InChI is InChI=1S/C43H29F3N2O3S2/c44-43(45,46)53(49,50)51-37-28-39(48(34-17-9-3-10-18-34)35-19-11-4-12-20-35)42-38-26-23-31(27-40(38)52-41(42)29-37)30-21-24-36(25-22-30)47(32-13-5-1-6-14-32)33-15-7-2-8-16-33/h1-29H. The SMILES string of the molecule is O=S(=O)(Oc1cc(N(c2ccccc2)c2ccccc2)c2c(c1)sc1cc(-c3ccc(N(c4ccccc4)c4ccccc4)cc3)ccc12)C(F)(F)F. The number of halogens is 3. The Morgan fingerprint density at radius 3 is 1.43 bits per heavy atom. The fourth-order valence-electron chi connectivity index (χ4n) is 6.42. The van der Waals surface area contributed by atoms with E-state index in [1.54, 1.807) is 0 Å². The van der Waals surface area contributed by atoms with Gasteiger partial charge in [-0.25, -0.2) is 0 Å². The first-order chi connectivity index (χ1) is 25.7. The van der Waals surface area contributed by atoms with E-state index in [9.17, 15) is 21.6 Å². The van der Waals surface area contributed by atoms with Crippen molar-refractivity contribution in [2.45, 2.75) is 5.51 Å². The molecular formula is C43H29F3N2O3S2. The van der Waals surface area contributed by atoms with Gasteiger partial charge in [-0.05, 0) is 83.9 Å². The van der Waals surface area contributed by atoms with E-state index in [2.05, 4.69) is 53.4 Å². The van der Waals surface area contributed by atoms with Gasteiger partial charge in [-0.3, -0.25) is 0 Å². The fourth-order valence-corrected chi connectivity index (χ4v) is 8.06. The lowest BCUT2D eigenvalue weighted by Crippen LogP contribution is -2.28. The van der Waals surface area contributed by atoms with Crippen LogP contribution < -0.4 is 14.0 Å². The third-order valence-electron chi connectivity index (χ3n) is 8.77. The molecule has 0 fully saturated rings. The second-order valence-electron chi connectivity index (χ2n) is 12.2. The van der Waals surface area contributed by atoms with Crippen molar-refractivity contribution >= 4 is 75.8 Å². The number of hydrogen-bond acceptors (Lipinski definition) is 6. The van der Waals surface area contributed by atoms with E-state index in [0.29, 0.717) is 10.4 Å². The minimum absolute atomic E-state index is 0.439. The van der Waals surface area contributed by atoms with Crippen LogP contribution in [0, 0.1) is 0 Å². The summed E-state index contributed by atoms with van der Waals surface area (Å²) in [6.07, 6.45) is 0. The lowest BCUT2D eigenvalue weighted by molar-refractivity contribution is -0.0500. The minimum atomic E-state index is -5.93. The summed E-state index contributed by atoms with van der Waals surface area (Å²) >= 11 is 1.35. The third-order valence-corrected chi connectivity index (χ3v) is 10.9. The maximum atomic E-state index is 13.5. The predicted octanol–water partition coefficient (Wildman–Crippen LogP) is 12.9. The van der Waals surface area contributed by atoms with Crippen molar-refractivity contribution in [2.24, 2.45) is 0 Å². The fraction of sp³-hybridized carbons (Fsp3) is 0.0233. The highest BCUT2D eigenvalue weighted by atomic mass is 32.2. The molecule has 0 aliphatic heterocycles. The highest BCUT2D eigenvalue weighted by Crippen LogP contribution is 2.48. The van der Waals surface area contributed by atoms with Crippen molar-refractivity contribution in [3.8, 4) is 16.9 Å². The van der Waals surface area contributed by atoms with E-state index < -0.39 is 21.4 Å². The zero-order chi connectivity index (χ0) is 36.6. The molecule has 1 heterocycles. The summed E-state index contributed by atoms with van der Waals surface area (Å²) in [7, 11) is -5.93. The van der Waals surface area contributed by atoms with Crippen LogP contribution in [0.1, 0.15) is 0 Å². The lowest BCUT2D eigenvalue weighted by Gasteiger charge is -2.27. The normalized spacial score (nSPS) is 11.8. The van der Waals surface area contributed by atoms with Crippen molar-refractivity contribution in [1.82, 2.24) is 0 Å². The Balaban J connectivity index is 1.26. The number of para-hydroxylation sites is 4. The predicted molar refractivity (Wildman–Crippen MR) is 210 cm³/mol. The summed E-state index contributed by atoms with van der Waals surface area (Å²) in [6.45, 7) is 0. The molecule has 0 aliphatic carbocycles. The molecule has 0 aliphatic rings. The average Bonchev–Trinajstić information content (AvgIpc) is 3.54. The van der Waals surface area contributed by atoms with E-state index >= 15 is 0 Å². The first-order valence-corrected chi connectivity index (χ1v) is 18.8. The van der Waals surface area contributed by atoms with Gasteiger partial charge in [0, 0.05) is 54.7 Å². The third kappa shape index (κ3) is 6.70. The highest BCUT2D eigenvalue weighted by molar-refractivity contribution is 7.88. The molecular weight excluding hydrogens is 714 g/mol. The van der Waals surface area contributed by atoms with Gasteiger partial charge >= 0.3 is 15.6 Å². The number of benzene rings is 7. The Hall–Kier alpha value is -6.10.